The molecule has 0 aliphatic carbocycles. The molecule has 5 aromatic rings. The average molecular weight is 567 g/mol. The van der Waals surface area contributed by atoms with Gasteiger partial charge in [0, 0.05) is 17.1 Å². The molecule has 5 rings (SSSR count). The van der Waals surface area contributed by atoms with Crippen molar-refractivity contribution in [3.63, 3.8) is 0 Å². The number of hydrogen-bond acceptors (Lipinski definition) is 0. The summed E-state index contributed by atoms with van der Waals surface area (Å²) in [5.74, 6) is 0. The molecule has 0 saturated heterocycles. The van der Waals surface area contributed by atoms with Gasteiger partial charge in [0.25, 0.3) is 0 Å². The Morgan fingerprint density at radius 2 is 0.794 bits per heavy atom. The van der Waals surface area contributed by atoms with Gasteiger partial charge in [-0.15, -0.1) is 0 Å². The fourth-order valence-corrected chi connectivity index (χ4v) is 10.1. The van der Waals surface area contributed by atoms with E-state index in [0.717, 1.165) is 16.5 Å². The zero-order valence-corrected chi connectivity index (χ0v) is 23.8. The summed E-state index contributed by atoms with van der Waals surface area (Å²) in [6.45, 7) is 0. The molecule has 0 bridgehead atoms. The van der Waals surface area contributed by atoms with Crippen LogP contribution in [0, 0.1) is 0 Å². The van der Waals surface area contributed by atoms with Crippen LogP contribution in [0.4, 0.5) is 0 Å². The standard InChI is InChI=1S/C31H26GeP.Cu/c32-30-24-14-13-23-29(30)31(25-15-5-1-6-16-25,26-17-7-2-8-18-26)33(27-19-9-3-10-20-27)28-21-11-4-12-22-28;/h1-24H,32H2;/p+1. The van der Waals surface area contributed by atoms with Gasteiger partial charge in [-0.3, -0.25) is 0 Å². The summed E-state index contributed by atoms with van der Waals surface area (Å²) in [7, 11) is -1.36. The normalized spacial score (nSPS) is 11.1. The number of hydrogen-bond donors (Lipinski definition) is 0. The SMILES string of the molecule is [Cu].[GeH2][c]1ccccc1C(c1ccccc1)(c1ccccc1)[PH+](c1ccccc1)c1ccccc1. The van der Waals surface area contributed by atoms with Gasteiger partial charge in [0.15, 0.2) is 0 Å². The van der Waals surface area contributed by atoms with Crippen molar-refractivity contribution < 1.29 is 17.1 Å². The van der Waals surface area contributed by atoms with E-state index in [1.54, 1.807) is 0 Å². The zero-order chi connectivity index (χ0) is 22.5. The predicted octanol–water partition coefficient (Wildman–Crippen LogP) is 5.10. The summed E-state index contributed by atoms with van der Waals surface area (Å²) in [6, 6.07) is 53.7. The summed E-state index contributed by atoms with van der Waals surface area (Å²) in [5, 5.41) is 2.57. The van der Waals surface area contributed by atoms with Crippen molar-refractivity contribution in [2.24, 2.45) is 0 Å². The summed E-state index contributed by atoms with van der Waals surface area (Å²) in [5.41, 5.74) is 4.15. The number of benzene rings is 5. The van der Waals surface area contributed by atoms with Gasteiger partial charge >= 0.3 is 207 Å². The van der Waals surface area contributed by atoms with E-state index in [4.69, 9.17) is 0 Å². The van der Waals surface area contributed by atoms with E-state index < -0.39 is 7.92 Å². The quantitative estimate of drug-likeness (QED) is 0.153. The molecule has 0 unspecified atom stereocenters. The van der Waals surface area contributed by atoms with E-state index >= 15 is 0 Å². The van der Waals surface area contributed by atoms with Crippen LogP contribution < -0.4 is 15.0 Å². The van der Waals surface area contributed by atoms with Gasteiger partial charge in [0.2, 0.25) is 0 Å². The van der Waals surface area contributed by atoms with E-state index in [0.29, 0.717) is 0 Å². The van der Waals surface area contributed by atoms with E-state index in [9.17, 15) is 0 Å². The molecule has 0 amide bonds. The van der Waals surface area contributed by atoms with Crippen LogP contribution in [-0.2, 0) is 22.2 Å². The van der Waals surface area contributed by atoms with Gasteiger partial charge in [-0.05, 0) is 0 Å². The van der Waals surface area contributed by atoms with Crippen LogP contribution in [0.1, 0.15) is 16.7 Å². The minimum absolute atomic E-state index is 0. The molecule has 0 spiro atoms. The van der Waals surface area contributed by atoms with Crippen LogP contribution in [-0.4, -0.2) is 16.5 Å². The zero-order valence-electron chi connectivity index (χ0n) is 18.9. The van der Waals surface area contributed by atoms with Gasteiger partial charge in [0.05, 0.1) is 0 Å². The van der Waals surface area contributed by atoms with Crippen LogP contribution in [0.3, 0.4) is 0 Å². The fraction of sp³-hybridized carbons (Fsp3) is 0.0323. The Labute approximate surface area is 222 Å². The average Bonchev–Trinajstić information content (AvgIpc) is 2.90. The summed E-state index contributed by atoms with van der Waals surface area (Å²) >= 11 is 1.12. The Morgan fingerprint density at radius 1 is 0.441 bits per heavy atom. The molecule has 0 aliphatic rings. The Kier molecular flexibility index (Phi) is 8.25. The van der Waals surface area contributed by atoms with Crippen molar-refractivity contribution in [3.8, 4) is 0 Å². The summed E-state index contributed by atoms with van der Waals surface area (Å²) in [4.78, 5) is 0. The monoisotopic (exact) mass is 567 g/mol. The molecule has 3 heteroatoms. The first-order valence-electron chi connectivity index (χ1n) is 11.3. The van der Waals surface area contributed by atoms with Gasteiger partial charge < -0.3 is 0 Å². The first-order valence-corrected chi connectivity index (χ1v) is 14.3. The van der Waals surface area contributed by atoms with Gasteiger partial charge in [0.1, 0.15) is 0 Å². The molecule has 170 valence electrons. The third-order valence-electron chi connectivity index (χ3n) is 6.33. The van der Waals surface area contributed by atoms with Crippen molar-refractivity contribution in [2.45, 2.75) is 5.16 Å². The van der Waals surface area contributed by atoms with Crippen molar-refractivity contribution in [3.05, 3.63) is 162 Å². The Hall–Kier alpha value is -2.41. The second-order valence-electron chi connectivity index (χ2n) is 8.25. The van der Waals surface area contributed by atoms with Crippen LogP contribution in [0.5, 0.6) is 0 Å². The molecular weight excluding hydrogens is 539 g/mol. The fourth-order valence-electron chi connectivity index (χ4n) is 4.97. The molecule has 0 nitrogen and oxygen atoms in total. The second kappa shape index (κ2) is 11.3. The molecule has 0 N–H and O–H groups in total. The molecule has 0 atom stereocenters. The van der Waals surface area contributed by atoms with Gasteiger partial charge in [-0.25, -0.2) is 0 Å². The van der Waals surface area contributed by atoms with Crippen molar-refractivity contribution in [1.29, 1.82) is 0 Å². The molecule has 0 fully saturated rings. The van der Waals surface area contributed by atoms with Crippen LogP contribution in [0.15, 0.2) is 146 Å². The van der Waals surface area contributed by atoms with Crippen molar-refractivity contribution in [2.75, 3.05) is 0 Å². The van der Waals surface area contributed by atoms with Gasteiger partial charge in [-0.2, -0.15) is 0 Å². The van der Waals surface area contributed by atoms with Crippen LogP contribution in [0.25, 0.3) is 0 Å². The van der Waals surface area contributed by atoms with E-state index in [-0.39, 0.29) is 22.2 Å². The maximum absolute atomic E-state index is 2.37. The van der Waals surface area contributed by atoms with Crippen molar-refractivity contribution >= 4 is 39.4 Å². The van der Waals surface area contributed by atoms with Crippen molar-refractivity contribution in [1.82, 2.24) is 0 Å². The maximum atomic E-state index is 2.37. The van der Waals surface area contributed by atoms with E-state index in [2.05, 4.69) is 146 Å². The second-order valence-corrected chi connectivity index (χ2v) is 12.5. The molecule has 0 aromatic heterocycles. The first kappa shape index (κ1) is 24.7. The Morgan fingerprint density at radius 3 is 1.21 bits per heavy atom. The van der Waals surface area contributed by atoms with Crippen LogP contribution >= 0.6 is 7.92 Å². The molecule has 2 radical (unpaired) electrons. The molecule has 0 saturated carbocycles. The predicted molar refractivity (Wildman–Crippen MR) is 148 cm³/mol. The molecule has 0 heterocycles. The Bertz CT molecular complexity index is 1230. The topological polar surface area (TPSA) is 0 Å². The molecular formula is C31H27CuGeP+. The number of rotatable bonds is 6. The third-order valence-corrected chi connectivity index (χ3v) is 11.0. The first-order chi connectivity index (χ1) is 16.3. The van der Waals surface area contributed by atoms with E-state index in [1.807, 2.05) is 0 Å². The van der Waals surface area contributed by atoms with Crippen LogP contribution in [0.2, 0.25) is 0 Å². The van der Waals surface area contributed by atoms with Gasteiger partial charge in [-0.1, -0.05) is 0 Å². The third kappa shape index (κ3) is 4.59. The molecule has 0 aliphatic heterocycles. The minimum atomic E-state index is -1.36. The summed E-state index contributed by atoms with van der Waals surface area (Å²) in [6.07, 6.45) is 0. The van der Waals surface area contributed by atoms with E-state index in [1.165, 1.54) is 31.7 Å². The molecule has 5 aromatic carbocycles. The molecule has 34 heavy (non-hydrogen) atoms. The summed E-state index contributed by atoms with van der Waals surface area (Å²) < 4.78 is 1.44. The Balaban J connectivity index is 0.00000274.